The molecule has 1 aromatic carbocycles. The average Bonchev–Trinajstić information content (AvgIpc) is 2.81. The minimum atomic E-state index is -0.188. The van der Waals surface area contributed by atoms with Crippen LogP contribution in [-0.4, -0.2) is 42.3 Å². The molecule has 2 heterocycles. The lowest BCUT2D eigenvalue weighted by Gasteiger charge is -2.14. The van der Waals surface area contributed by atoms with Gasteiger partial charge >= 0.3 is 0 Å². The highest BCUT2D eigenvalue weighted by Crippen LogP contribution is 2.22. The van der Waals surface area contributed by atoms with E-state index in [1.165, 1.54) is 4.90 Å². The summed E-state index contributed by atoms with van der Waals surface area (Å²) in [7, 11) is 3.90. The maximum atomic E-state index is 12.3. The van der Waals surface area contributed by atoms with Gasteiger partial charge in [0.15, 0.2) is 0 Å². The molecule has 0 atom stereocenters. The first kappa shape index (κ1) is 15.2. The Morgan fingerprint density at radius 1 is 1.00 bits per heavy atom. The van der Waals surface area contributed by atoms with Crippen LogP contribution < -0.4 is 4.90 Å². The van der Waals surface area contributed by atoms with Crippen LogP contribution >= 0.6 is 0 Å². The quantitative estimate of drug-likeness (QED) is 0.796. The summed E-state index contributed by atoms with van der Waals surface area (Å²) < 4.78 is 0. The van der Waals surface area contributed by atoms with E-state index in [4.69, 9.17) is 0 Å². The van der Waals surface area contributed by atoms with Crippen LogP contribution in [0, 0.1) is 0 Å². The summed E-state index contributed by atoms with van der Waals surface area (Å²) in [5.74, 6) is 0.535. The van der Waals surface area contributed by atoms with Crippen LogP contribution in [0.4, 0.5) is 5.82 Å². The minimum absolute atomic E-state index is 0.188. The van der Waals surface area contributed by atoms with Crippen LogP contribution in [-0.2, 0) is 6.42 Å². The number of carbonyl (C=O) groups excluding carboxylic acids is 2. The fourth-order valence-corrected chi connectivity index (χ4v) is 2.71. The summed E-state index contributed by atoms with van der Waals surface area (Å²) in [6, 6.07) is 11.0. The number of aromatic nitrogens is 1. The van der Waals surface area contributed by atoms with Crippen molar-refractivity contribution in [2.75, 3.05) is 25.5 Å². The average molecular weight is 309 g/mol. The molecule has 0 saturated heterocycles. The second kappa shape index (κ2) is 6.20. The lowest BCUT2D eigenvalue weighted by atomic mass is 10.1. The number of hydrogen-bond acceptors (Lipinski definition) is 4. The second-order valence-electron chi connectivity index (χ2n) is 5.83. The molecule has 1 aromatic heterocycles. The van der Waals surface area contributed by atoms with Gasteiger partial charge in [0.05, 0.1) is 11.1 Å². The summed E-state index contributed by atoms with van der Waals surface area (Å²) in [5, 5.41) is 0. The Morgan fingerprint density at radius 2 is 1.65 bits per heavy atom. The molecule has 23 heavy (non-hydrogen) atoms. The van der Waals surface area contributed by atoms with E-state index in [0.29, 0.717) is 17.7 Å². The summed E-state index contributed by atoms with van der Waals surface area (Å²) in [6.07, 6.45) is 3.36. The van der Waals surface area contributed by atoms with E-state index in [9.17, 15) is 9.59 Å². The number of imide groups is 1. The Hall–Kier alpha value is -2.69. The lowest BCUT2D eigenvalue weighted by molar-refractivity contribution is 0.0652. The number of carbonyl (C=O) groups is 2. The number of fused-ring (bicyclic) bond motifs is 1. The van der Waals surface area contributed by atoms with E-state index >= 15 is 0 Å². The van der Waals surface area contributed by atoms with E-state index in [2.05, 4.69) is 4.98 Å². The van der Waals surface area contributed by atoms with E-state index in [1.54, 1.807) is 24.3 Å². The number of rotatable bonds is 5. The predicted molar refractivity (Wildman–Crippen MR) is 88.7 cm³/mol. The second-order valence-corrected chi connectivity index (χ2v) is 5.83. The zero-order chi connectivity index (χ0) is 16.4. The van der Waals surface area contributed by atoms with Gasteiger partial charge in [0, 0.05) is 26.8 Å². The van der Waals surface area contributed by atoms with Crippen LogP contribution in [0.2, 0.25) is 0 Å². The molecule has 2 amide bonds. The molecule has 0 fully saturated rings. The predicted octanol–water partition coefficient (Wildman–Crippen LogP) is 2.38. The summed E-state index contributed by atoms with van der Waals surface area (Å²) in [5.41, 5.74) is 2.12. The summed E-state index contributed by atoms with van der Waals surface area (Å²) >= 11 is 0. The Labute approximate surface area is 135 Å². The van der Waals surface area contributed by atoms with E-state index < -0.39 is 0 Å². The number of nitrogens with zero attached hydrogens (tertiary/aromatic N) is 3. The van der Waals surface area contributed by atoms with Crippen molar-refractivity contribution in [3.63, 3.8) is 0 Å². The first-order valence-corrected chi connectivity index (χ1v) is 7.65. The Kier molecular flexibility index (Phi) is 4.10. The van der Waals surface area contributed by atoms with Gasteiger partial charge in [-0.2, -0.15) is 0 Å². The third-order valence-electron chi connectivity index (χ3n) is 3.99. The molecule has 0 aliphatic carbocycles. The van der Waals surface area contributed by atoms with Gasteiger partial charge in [-0.25, -0.2) is 4.98 Å². The van der Waals surface area contributed by atoms with Gasteiger partial charge in [-0.3, -0.25) is 14.5 Å². The minimum Gasteiger partial charge on any atom is -0.363 e. The lowest BCUT2D eigenvalue weighted by Crippen LogP contribution is -2.30. The molecule has 5 heteroatoms. The molecule has 0 bridgehead atoms. The van der Waals surface area contributed by atoms with Crippen molar-refractivity contribution in [1.29, 1.82) is 0 Å². The van der Waals surface area contributed by atoms with Crippen LogP contribution in [0.25, 0.3) is 0 Å². The van der Waals surface area contributed by atoms with E-state index in [0.717, 1.165) is 24.2 Å². The molecule has 0 N–H and O–H groups in total. The van der Waals surface area contributed by atoms with Crippen LogP contribution in [0.15, 0.2) is 42.6 Å². The molecule has 0 radical (unpaired) electrons. The van der Waals surface area contributed by atoms with Crippen molar-refractivity contribution >= 4 is 17.6 Å². The highest BCUT2D eigenvalue weighted by Gasteiger charge is 2.34. The SMILES string of the molecule is CN(C)c1ccc(CCCN2C(=O)c3ccccc3C2=O)cn1. The molecular weight excluding hydrogens is 290 g/mol. The number of amides is 2. The number of aryl methyl sites for hydroxylation is 1. The molecular formula is C18H19N3O2. The van der Waals surface area contributed by atoms with Crippen molar-refractivity contribution in [2.24, 2.45) is 0 Å². The Bertz CT molecular complexity index is 703. The number of hydrogen-bond donors (Lipinski definition) is 0. The van der Waals surface area contributed by atoms with Gasteiger partial charge in [0.1, 0.15) is 5.82 Å². The highest BCUT2D eigenvalue weighted by molar-refractivity contribution is 6.21. The molecule has 1 aliphatic heterocycles. The van der Waals surface area contributed by atoms with Gasteiger partial charge in [-0.15, -0.1) is 0 Å². The maximum Gasteiger partial charge on any atom is 0.261 e. The smallest absolute Gasteiger partial charge is 0.261 e. The van der Waals surface area contributed by atoms with Crippen LogP contribution in [0.3, 0.4) is 0 Å². The molecule has 3 rings (SSSR count). The normalized spacial score (nSPS) is 13.4. The Balaban J connectivity index is 1.59. The van der Waals surface area contributed by atoms with Gasteiger partial charge in [0.2, 0.25) is 0 Å². The fraction of sp³-hybridized carbons (Fsp3) is 0.278. The van der Waals surface area contributed by atoms with Gasteiger partial charge in [-0.1, -0.05) is 18.2 Å². The molecule has 2 aromatic rings. The monoisotopic (exact) mass is 309 g/mol. The van der Waals surface area contributed by atoms with Crippen molar-refractivity contribution in [3.05, 3.63) is 59.3 Å². The zero-order valence-electron chi connectivity index (χ0n) is 13.3. The van der Waals surface area contributed by atoms with Crippen molar-refractivity contribution in [2.45, 2.75) is 12.8 Å². The molecule has 0 spiro atoms. The largest absolute Gasteiger partial charge is 0.363 e. The number of benzene rings is 1. The fourth-order valence-electron chi connectivity index (χ4n) is 2.71. The molecule has 5 nitrogen and oxygen atoms in total. The van der Waals surface area contributed by atoms with Crippen molar-refractivity contribution in [1.82, 2.24) is 9.88 Å². The first-order chi connectivity index (χ1) is 11.1. The van der Waals surface area contributed by atoms with Gasteiger partial charge in [-0.05, 0) is 36.6 Å². The van der Waals surface area contributed by atoms with E-state index in [-0.39, 0.29) is 11.8 Å². The molecule has 0 unspecified atom stereocenters. The van der Waals surface area contributed by atoms with Gasteiger partial charge < -0.3 is 4.90 Å². The highest BCUT2D eigenvalue weighted by atomic mass is 16.2. The molecule has 1 aliphatic rings. The molecule has 118 valence electrons. The summed E-state index contributed by atoms with van der Waals surface area (Å²) in [6.45, 7) is 0.432. The standard InChI is InChI=1S/C18H19N3O2/c1-20(2)16-10-9-13(12-19-16)6-5-11-21-17(22)14-7-3-4-8-15(14)18(21)23/h3-4,7-10,12H,5-6,11H2,1-2H3. The maximum absolute atomic E-state index is 12.3. The van der Waals surface area contributed by atoms with Crippen LogP contribution in [0.5, 0.6) is 0 Å². The van der Waals surface area contributed by atoms with Crippen molar-refractivity contribution < 1.29 is 9.59 Å². The Morgan fingerprint density at radius 3 is 2.17 bits per heavy atom. The number of pyridine rings is 1. The zero-order valence-corrected chi connectivity index (χ0v) is 13.3. The van der Waals surface area contributed by atoms with Crippen molar-refractivity contribution in [3.8, 4) is 0 Å². The third-order valence-corrected chi connectivity index (χ3v) is 3.99. The summed E-state index contributed by atoms with van der Waals surface area (Å²) in [4.78, 5) is 32.2. The van der Waals surface area contributed by atoms with Gasteiger partial charge in [0.25, 0.3) is 11.8 Å². The topological polar surface area (TPSA) is 53.5 Å². The third kappa shape index (κ3) is 2.95. The first-order valence-electron chi connectivity index (χ1n) is 7.65. The van der Waals surface area contributed by atoms with Crippen LogP contribution in [0.1, 0.15) is 32.7 Å². The number of anilines is 1. The molecule has 0 saturated carbocycles. The van der Waals surface area contributed by atoms with E-state index in [1.807, 2.05) is 37.3 Å².